The van der Waals surface area contributed by atoms with Crippen LogP contribution in [0.25, 0.3) is 0 Å². The number of hydrogen-bond donors (Lipinski definition) is 1. The highest BCUT2D eigenvalue weighted by molar-refractivity contribution is 7.90. The van der Waals surface area contributed by atoms with Crippen LogP contribution >= 0.6 is 0 Å². The molecule has 0 radical (unpaired) electrons. The minimum absolute atomic E-state index is 0.278. The van der Waals surface area contributed by atoms with Crippen molar-refractivity contribution in [3.05, 3.63) is 18.3 Å². The van der Waals surface area contributed by atoms with Gasteiger partial charge in [0.1, 0.15) is 10.7 Å². The molecule has 0 spiro atoms. The quantitative estimate of drug-likeness (QED) is 0.709. The molecule has 0 aromatic carbocycles. The lowest BCUT2D eigenvalue weighted by atomic mass is 10.0. The molecular formula is C15H26N2O2S. The molecule has 0 aliphatic rings. The summed E-state index contributed by atoms with van der Waals surface area (Å²) in [6.07, 6.45) is 8.82. The first-order valence-electron chi connectivity index (χ1n) is 7.30. The highest BCUT2D eigenvalue weighted by atomic mass is 32.2. The Kier molecular flexibility index (Phi) is 6.99. The minimum atomic E-state index is -3.22. The Balaban J connectivity index is 2.33. The van der Waals surface area contributed by atoms with E-state index in [9.17, 15) is 8.42 Å². The van der Waals surface area contributed by atoms with Gasteiger partial charge in [0, 0.05) is 19.0 Å². The van der Waals surface area contributed by atoms with Crippen LogP contribution in [0, 0.1) is 5.92 Å². The maximum atomic E-state index is 11.6. The second kappa shape index (κ2) is 8.25. The van der Waals surface area contributed by atoms with Gasteiger partial charge in [-0.15, -0.1) is 0 Å². The third kappa shape index (κ3) is 6.37. The predicted octanol–water partition coefficient (Wildman–Crippen LogP) is 3.50. The molecule has 1 aromatic rings. The third-order valence-corrected chi connectivity index (χ3v) is 4.30. The van der Waals surface area contributed by atoms with E-state index in [-0.39, 0.29) is 4.90 Å². The van der Waals surface area contributed by atoms with Crippen LogP contribution in [-0.2, 0) is 9.84 Å². The van der Waals surface area contributed by atoms with Crippen LogP contribution in [0.2, 0.25) is 0 Å². The molecule has 114 valence electrons. The second-order valence-corrected chi connectivity index (χ2v) is 7.63. The summed E-state index contributed by atoms with van der Waals surface area (Å²) < 4.78 is 23.2. The van der Waals surface area contributed by atoms with Gasteiger partial charge in [-0.1, -0.05) is 39.5 Å². The minimum Gasteiger partial charge on any atom is -0.369 e. The highest BCUT2D eigenvalue weighted by Gasteiger charge is 2.13. The van der Waals surface area contributed by atoms with Crippen molar-refractivity contribution in [3.63, 3.8) is 0 Å². The number of sulfone groups is 1. The lowest BCUT2D eigenvalue weighted by Crippen LogP contribution is -2.09. The van der Waals surface area contributed by atoms with Crippen molar-refractivity contribution in [2.45, 2.75) is 50.8 Å². The number of anilines is 1. The van der Waals surface area contributed by atoms with Crippen LogP contribution < -0.4 is 5.32 Å². The number of pyridine rings is 1. The Hall–Kier alpha value is -1.10. The Morgan fingerprint density at radius 1 is 1.20 bits per heavy atom. The second-order valence-electron chi connectivity index (χ2n) is 5.65. The molecule has 0 aliphatic carbocycles. The van der Waals surface area contributed by atoms with Crippen LogP contribution in [0.15, 0.2) is 23.2 Å². The molecule has 0 saturated carbocycles. The summed E-state index contributed by atoms with van der Waals surface area (Å²) >= 11 is 0. The molecule has 20 heavy (non-hydrogen) atoms. The van der Waals surface area contributed by atoms with E-state index >= 15 is 0 Å². The van der Waals surface area contributed by atoms with E-state index in [1.165, 1.54) is 31.9 Å². The van der Waals surface area contributed by atoms with E-state index in [4.69, 9.17) is 0 Å². The molecule has 1 heterocycles. The molecule has 1 N–H and O–H groups in total. The van der Waals surface area contributed by atoms with Gasteiger partial charge in [0.05, 0.1) is 0 Å². The lowest BCUT2D eigenvalue weighted by molar-refractivity contribution is 0.523. The molecule has 0 unspecified atom stereocenters. The standard InChI is InChI=1S/C15H26N2O2S/c1-13(2)9-6-4-5-7-11-16-15-14(20(3,18)19)10-8-12-17-15/h8,10,12-13H,4-7,9,11H2,1-3H3,(H,16,17). The van der Waals surface area contributed by atoms with Crippen molar-refractivity contribution in [2.24, 2.45) is 5.92 Å². The summed E-state index contributed by atoms with van der Waals surface area (Å²) in [7, 11) is -3.22. The molecule has 1 rings (SSSR count). The first-order valence-corrected chi connectivity index (χ1v) is 9.19. The summed E-state index contributed by atoms with van der Waals surface area (Å²) in [6.45, 7) is 5.26. The van der Waals surface area contributed by atoms with Crippen LogP contribution in [0.5, 0.6) is 0 Å². The number of rotatable bonds is 9. The predicted molar refractivity (Wildman–Crippen MR) is 83.8 cm³/mol. The van der Waals surface area contributed by atoms with Crippen molar-refractivity contribution < 1.29 is 8.42 Å². The molecule has 5 heteroatoms. The van der Waals surface area contributed by atoms with Crippen molar-refractivity contribution in [1.82, 2.24) is 4.98 Å². The summed E-state index contributed by atoms with van der Waals surface area (Å²) in [6, 6.07) is 3.24. The fourth-order valence-electron chi connectivity index (χ4n) is 2.06. The fourth-order valence-corrected chi connectivity index (χ4v) is 2.86. The van der Waals surface area contributed by atoms with E-state index in [2.05, 4.69) is 24.1 Å². The third-order valence-electron chi connectivity index (χ3n) is 3.17. The van der Waals surface area contributed by atoms with Gasteiger partial charge in [-0.25, -0.2) is 13.4 Å². The number of hydrogen-bond acceptors (Lipinski definition) is 4. The van der Waals surface area contributed by atoms with E-state index in [0.29, 0.717) is 5.82 Å². The van der Waals surface area contributed by atoms with Crippen molar-refractivity contribution in [1.29, 1.82) is 0 Å². The van der Waals surface area contributed by atoms with Gasteiger partial charge in [0.15, 0.2) is 9.84 Å². The molecule has 0 amide bonds. The van der Waals surface area contributed by atoms with Gasteiger partial charge in [-0.05, 0) is 24.5 Å². The SMILES string of the molecule is CC(C)CCCCCCNc1ncccc1S(C)(=O)=O. The zero-order valence-electron chi connectivity index (χ0n) is 12.7. The Labute approximate surface area is 122 Å². The zero-order valence-corrected chi connectivity index (χ0v) is 13.5. The van der Waals surface area contributed by atoms with Gasteiger partial charge < -0.3 is 5.32 Å². The molecule has 0 atom stereocenters. The van der Waals surface area contributed by atoms with E-state index in [0.717, 1.165) is 18.9 Å². The van der Waals surface area contributed by atoms with E-state index in [1.807, 2.05) is 0 Å². The summed E-state index contributed by atoms with van der Waals surface area (Å²) in [4.78, 5) is 4.39. The Morgan fingerprint density at radius 2 is 1.90 bits per heavy atom. The van der Waals surface area contributed by atoms with E-state index in [1.54, 1.807) is 18.3 Å². The van der Waals surface area contributed by atoms with Crippen LogP contribution in [-0.4, -0.2) is 26.2 Å². The van der Waals surface area contributed by atoms with Crippen LogP contribution in [0.1, 0.15) is 46.0 Å². The Bertz CT molecular complexity index is 498. The molecular weight excluding hydrogens is 272 g/mol. The maximum Gasteiger partial charge on any atom is 0.179 e. The lowest BCUT2D eigenvalue weighted by Gasteiger charge is -2.09. The molecule has 4 nitrogen and oxygen atoms in total. The number of aromatic nitrogens is 1. The topological polar surface area (TPSA) is 59.1 Å². The van der Waals surface area contributed by atoms with Crippen LogP contribution in [0.3, 0.4) is 0 Å². The van der Waals surface area contributed by atoms with Gasteiger partial charge in [0.25, 0.3) is 0 Å². The van der Waals surface area contributed by atoms with Gasteiger partial charge in [0.2, 0.25) is 0 Å². The van der Waals surface area contributed by atoms with Crippen LogP contribution in [0.4, 0.5) is 5.82 Å². The number of nitrogens with one attached hydrogen (secondary N) is 1. The average molecular weight is 298 g/mol. The summed E-state index contributed by atoms with van der Waals surface area (Å²) in [5, 5.41) is 3.13. The Morgan fingerprint density at radius 3 is 2.55 bits per heavy atom. The molecule has 1 aromatic heterocycles. The van der Waals surface area contributed by atoms with Gasteiger partial charge >= 0.3 is 0 Å². The zero-order chi connectivity index (χ0) is 15.0. The van der Waals surface area contributed by atoms with Gasteiger partial charge in [-0.3, -0.25) is 0 Å². The first-order chi connectivity index (χ1) is 9.41. The van der Waals surface area contributed by atoms with Crippen molar-refractivity contribution in [3.8, 4) is 0 Å². The smallest absolute Gasteiger partial charge is 0.179 e. The maximum absolute atomic E-state index is 11.6. The summed E-state index contributed by atoms with van der Waals surface area (Å²) in [5.41, 5.74) is 0. The van der Waals surface area contributed by atoms with Crippen molar-refractivity contribution >= 4 is 15.7 Å². The highest BCUT2D eigenvalue weighted by Crippen LogP contribution is 2.17. The number of unbranched alkanes of at least 4 members (excludes halogenated alkanes) is 3. The largest absolute Gasteiger partial charge is 0.369 e. The normalized spacial score (nSPS) is 11.8. The average Bonchev–Trinajstić information content (AvgIpc) is 2.36. The molecule has 0 fully saturated rings. The molecule has 0 saturated heterocycles. The van der Waals surface area contributed by atoms with Crippen molar-refractivity contribution in [2.75, 3.05) is 18.1 Å². The monoisotopic (exact) mass is 298 g/mol. The number of nitrogens with zero attached hydrogens (tertiary/aromatic N) is 1. The first kappa shape index (κ1) is 17.0. The molecule has 0 bridgehead atoms. The molecule has 0 aliphatic heterocycles. The van der Waals surface area contributed by atoms with Gasteiger partial charge in [-0.2, -0.15) is 0 Å². The van der Waals surface area contributed by atoms with E-state index < -0.39 is 9.84 Å². The summed E-state index contributed by atoms with van der Waals surface area (Å²) in [5.74, 6) is 1.25. The fraction of sp³-hybridized carbons (Fsp3) is 0.667.